The zero-order valence-corrected chi connectivity index (χ0v) is 30.6. The Morgan fingerprint density at radius 2 is 1.78 bits per heavy atom. The monoisotopic (exact) mass is 812 g/mol. The van der Waals surface area contributed by atoms with Crippen LogP contribution in [0, 0.1) is 3.57 Å². The topological polar surface area (TPSA) is 133 Å². The van der Waals surface area contributed by atoms with E-state index >= 15 is 0 Å². The molecule has 1 aromatic heterocycles. The van der Waals surface area contributed by atoms with Gasteiger partial charge in [-0.05, 0) is 103 Å². The summed E-state index contributed by atoms with van der Waals surface area (Å²) in [6, 6.07) is 15.6. The molecule has 6 rings (SSSR count). The molecule has 4 aromatic rings. The summed E-state index contributed by atoms with van der Waals surface area (Å²) in [5.41, 5.74) is 2.65. The number of esters is 2. The lowest BCUT2D eigenvalue weighted by molar-refractivity contribution is -0.143. The Morgan fingerprint density at radius 1 is 0.980 bits per heavy atom. The highest BCUT2D eigenvalue weighted by molar-refractivity contribution is 14.1. The van der Waals surface area contributed by atoms with E-state index in [9.17, 15) is 14.4 Å². The van der Waals surface area contributed by atoms with Crippen LogP contribution in [0.2, 0.25) is 0 Å². The Balaban J connectivity index is 1.34. The van der Waals surface area contributed by atoms with Crippen molar-refractivity contribution in [3.05, 3.63) is 106 Å². The van der Waals surface area contributed by atoms with E-state index in [1.807, 2.05) is 43.3 Å². The minimum Gasteiger partial charge on any atom is -0.490 e. The number of methoxy groups -OCH3 is 1. The summed E-state index contributed by atoms with van der Waals surface area (Å²) in [7, 11) is 1.27. The van der Waals surface area contributed by atoms with Crippen molar-refractivity contribution < 1.29 is 42.7 Å². The molecule has 2 aliphatic heterocycles. The smallest absolute Gasteiger partial charge is 0.343 e. The molecule has 0 amide bonds. The molecule has 14 heteroatoms. The average molecular weight is 813 g/mol. The van der Waals surface area contributed by atoms with Gasteiger partial charge in [-0.1, -0.05) is 29.5 Å². The molecule has 12 nitrogen and oxygen atoms in total. The summed E-state index contributed by atoms with van der Waals surface area (Å²) in [6.45, 7) is 5.94. The molecular weight excluding hydrogens is 779 g/mol. The fraction of sp³-hybridized carbons (Fsp3) is 0.278. The van der Waals surface area contributed by atoms with E-state index in [0.29, 0.717) is 62.6 Å². The number of fused-ring (bicyclic) bond motifs is 2. The molecule has 0 radical (unpaired) electrons. The first-order chi connectivity index (χ1) is 24.2. The zero-order chi connectivity index (χ0) is 35.4. The number of allylic oxidation sites excluding steroid dienone is 1. The summed E-state index contributed by atoms with van der Waals surface area (Å²) in [6.07, 6.45) is 1.80. The summed E-state index contributed by atoms with van der Waals surface area (Å²) >= 11 is 3.43. The van der Waals surface area contributed by atoms with Gasteiger partial charge in [0.05, 0.1) is 45.7 Å². The van der Waals surface area contributed by atoms with Crippen molar-refractivity contribution in [2.45, 2.75) is 33.4 Å². The van der Waals surface area contributed by atoms with Crippen molar-refractivity contribution in [1.82, 2.24) is 4.57 Å². The highest BCUT2D eigenvalue weighted by Crippen LogP contribution is 2.37. The maximum atomic E-state index is 14.2. The largest absolute Gasteiger partial charge is 0.490 e. The van der Waals surface area contributed by atoms with Crippen molar-refractivity contribution in [1.29, 1.82) is 0 Å². The number of hydrogen-bond donors (Lipinski definition) is 0. The van der Waals surface area contributed by atoms with Crippen molar-refractivity contribution in [2.24, 2.45) is 4.99 Å². The number of carbonyl (C=O) groups is 2. The van der Waals surface area contributed by atoms with Crippen LogP contribution in [0.1, 0.15) is 43.5 Å². The maximum Gasteiger partial charge on any atom is 0.343 e. The van der Waals surface area contributed by atoms with Gasteiger partial charge in [-0.3, -0.25) is 9.36 Å². The number of aromatic nitrogens is 1. The van der Waals surface area contributed by atoms with Crippen LogP contribution in [-0.4, -0.2) is 50.2 Å². The molecule has 0 spiro atoms. The van der Waals surface area contributed by atoms with Crippen LogP contribution in [-0.2, 0) is 25.7 Å². The van der Waals surface area contributed by atoms with E-state index in [1.165, 1.54) is 23.0 Å². The first-order valence-corrected chi connectivity index (χ1v) is 17.6. The average Bonchev–Trinajstić information content (AvgIpc) is 3.70. The Hall–Kier alpha value is -4.83. The van der Waals surface area contributed by atoms with Gasteiger partial charge in [-0.2, -0.15) is 0 Å². The van der Waals surface area contributed by atoms with Crippen LogP contribution >= 0.6 is 33.9 Å². The van der Waals surface area contributed by atoms with E-state index in [-0.39, 0.29) is 31.1 Å². The van der Waals surface area contributed by atoms with Gasteiger partial charge in [0.25, 0.3) is 5.56 Å². The van der Waals surface area contributed by atoms with Gasteiger partial charge in [-0.25, -0.2) is 14.6 Å². The highest BCUT2D eigenvalue weighted by Gasteiger charge is 2.34. The van der Waals surface area contributed by atoms with Crippen molar-refractivity contribution >= 4 is 51.9 Å². The normalized spacial score (nSPS) is 14.9. The number of nitrogens with zero attached hydrogens (tertiary/aromatic N) is 2. The molecule has 0 fully saturated rings. The molecule has 260 valence electrons. The summed E-state index contributed by atoms with van der Waals surface area (Å²) in [4.78, 5) is 44.4. The number of thiazole rings is 1. The molecule has 3 heterocycles. The third kappa shape index (κ3) is 7.35. The number of rotatable bonds is 12. The summed E-state index contributed by atoms with van der Waals surface area (Å²) < 4.78 is 41.3. The van der Waals surface area contributed by atoms with Crippen LogP contribution in [0.25, 0.3) is 6.08 Å². The Morgan fingerprint density at radius 3 is 2.54 bits per heavy atom. The number of ether oxygens (including phenoxy) is 7. The molecule has 0 unspecified atom stereocenters. The van der Waals surface area contributed by atoms with Gasteiger partial charge in [-0.15, -0.1) is 0 Å². The van der Waals surface area contributed by atoms with Crippen LogP contribution < -0.4 is 38.6 Å². The zero-order valence-electron chi connectivity index (χ0n) is 27.6. The van der Waals surface area contributed by atoms with Crippen LogP contribution in [0.4, 0.5) is 0 Å². The first-order valence-electron chi connectivity index (χ1n) is 15.7. The maximum absolute atomic E-state index is 14.2. The number of halogens is 1. The lowest BCUT2D eigenvalue weighted by Crippen LogP contribution is -2.40. The number of carbonyl (C=O) groups excluding carboxylic acids is 2. The molecule has 1 atom stereocenters. The van der Waals surface area contributed by atoms with Gasteiger partial charge < -0.3 is 33.2 Å². The molecule has 0 saturated carbocycles. The van der Waals surface area contributed by atoms with Crippen molar-refractivity contribution in [2.75, 3.05) is 33.7 Å². The predicted molar refractivity (Wildman–Crippen MR) is 192 cm³/mol. The first kappa shape index (κ1) is 35.0. The van der Waals surface area contributed by atoms with Gasteiger partial charge in [0.15, 0.2) is 34.4 Å². The predicted octanol–water partition coefficient (Wildman–Crippen LogP) is 4.66. The van der Waals surface area contributed by atoms with Gasteiger partial charge in [0.1, 0.15) is 12.4 Å². The molecule has 0 aliphatic carbocycles. The second-order valence-electron chi connectivity index (χ2n) is 11.0. The summed E-state index contributed by atoms with van der Waals surface area (Å²) in [5, 5.41) is 0. The third-order valence-electron chi connectivity index (χ3n) is 7.76. The Kier molecular flexibility index (Phi) is 10.8. The fourth-order valence-corrected chi connectivity index (χ4v) is 7.19. The van der Waals surface area contributed by atoms with E-state index in [0.717, 1.165) is 14.7 Å². The second-order valence-corrected chi connectivity index (χ2v) is 13.1. The van der Waals surface area contributed by atoms with Crippen LogP contribution in [0.15, 0.2) is 75.7 Å². The van der Waals surface area contributed by atoms with Gasteiger partial charge >= 0.3 is 11.9 Å². The van der Waals surface area contributed by atoms with Crippen molar-refractivity contribution in [3.63, 3.8) is 0 Å². The summed E-state index contributed by atoms with van der Waals surface area (Å²) in [5.74, 6) is 1.62. The number of benzene rings is 3. The van der Waals surface area contributed by atoms with Crippen molar-refractivity contribution in [3.8, 4) is 28.7 Å². The lowest BCUT2D eigenvalue weighted by Gasteiger charge is -2.25. The van der Waals surface area contributed by atoms with E-state index < -0.39 is 18.0 Å². The quantitative estimate of drug-likeness (QED) is 0.147. The molecule has 50 heavy (non-hydrogen) atoms. The van der Waals surface area contributed by atoms with E-state index in [1.54, 1.807) is 38.1 Å². The Labute approximate surface area is 304 Å². The molecule has 3 aromatic carbocycles. The van der Waals surface area contributed by atoms with E-state index in [4.69, 9.17) is 28.4 Å². The standard InChI is InChI=1S/C36H33IN2O10S/c1-5-44-29-16-23(9-12-26(29)47-18-31(40)43-4)33-32(35(42)45-6-2)20(3)38-36-39(33)34(41)30(50-36)15-21-7-10-25(24(37)13-21)46-17-22-8-11-27-28(14-22)49-19-48-27/h7-16,33H,5-6,17-19H2,1-4H3/b30-15-/t33-/m1/s1. The number of hydrogen-bond acceptors (Lipinski definition) is 12. The molecule has 0 bridgehead atoms. The lowest BCUT2D eigenvalue weighted by atomic mass is 9.95. The van der Waals surface area contributed by atoms with Gasteiger partial charge in [0.2, 0.25) is 6.79 Å². The molecular formula is C36H33IN2O10S. The molecule has 0 N–H and O–H groups in total. The second kappa shape index (κ2) is 15.4. The molecule has 2 aliphatic rings. The molecule has 0 saturated heterocycles. The minimum absolute atomic E-state index is 0.145. The highest BCUT2D eigenvalue weighted by atomic mass is 127. The van der Waals surface area contributed by atoms with E-state index in [2.05, 4.69) is 32.3 Å². The van der Waals surface area contributed by atoms with Crippen LogP contribution in [0.3, 0.4) is 0 Å². The fourth-order valence-electron chi connectivity index (χ4n) is 5.45. The third-order valence-corrected chi connectivity index (χ3v) is 9.58. The SMILES string of the molecule is CCOC(=O)C1=C(C)N=c2s/c(=C\c3ccc(OCc4ccc5c(c4)OCO5)c(I)c3)c(=O)n2[C@@H]1c1ccc(OCC(=O)OC)c(OCC)c1. The Bertz CT molecular complexity index is 2170. The minimum atomic E-state index is -0.867. The van der Waals surface area contributed by atoms with Gasteiger partial charge in [0, 0.05) is 0 Å². The van der Waals surface area contributed by atoms with Crippen LogP contribution in [0.5, 0.6) is 28.7 Å².